The van der Waals surface area contributed by atoms with Gasteiger partial charge in [0, 0.05) is 11.9 Å². The Balaban J connectivity index is 2.27. The highest BCUT2D eigenvalue weighted by atomic mass is 32.1. The van der Waals surface area contributed by atoms with Gasteiger partial charge in [-0.3, -0.25) is 4.79 Å². The van der Waals surface area contributed by atoms with Crippen LogP contribution in [0.3, 0.4) is 0 Å². The molecule has 0 saturated heterocycles. The van der Waals surface area contributed by atoms with Crippen LogP contribution in [0.25, 0.3) is 0 Å². The van der Waals surface area contributed by atoms with E-state index >= 15 is 0 Å². The van der Waals surface area contributed by atoms with Crippen LogP contribution in [0.2, 0.25) is 0 Å². The van der Waals surface area contributed by atoms with Crippen LogP contribution in [-0.4, -0.2) is 13.0 Å². The van der Waals surface area contributed by atoms with Gasteiger partial charge in [0.1, 0.15) is 0 Å². The largest absolute Gasteiger partial charge is 0.354 e. The number of hydrogen-bond acceptors (Lipinski definition) is 2. The Morgan fingerprint density at radius 1 is 1.64 bits per heavy atom. The molecule has 1 aromatic heterocycles. The summed E-state index contributed by atoms with van der Waals surface area (Å²) >= 11 is 1.66. The van der Waals surface area contributed by atoms with Crippen molar-refractivity contribution in [3.05, 3.63) is 21.4 Å². The molecule has 76 valence electrons. The number of aryl methyl sites for hydroxylation is 1. The molecule has 0 aliphatic heterocycles. The van der Waals surface area contributed by atoms with Crippen molar-refractivity contribution in [1.82, 2.24) is 5.32 Å². The number of hydrogen-bond donors (Lipinski definition) is 1. The summed E-state index contributed by atoms with van der Waals surface area (Å²) in [4.78, 5) is 13.7. The summed E-state index contributed by atoms with van der Waals surface area (Å²) < 4.78 is 0. The molecule has 0 radical (unpaired) electrons. The van der Waals surface area contributed by atoms with Crippen molar-refractivity contribution in [3.8, 4) is 0 Å². The number of carbonyl (C=O) groups is 1. The molecule has 1 N–H and O–H groups in total. The Labute approximate surface area is 88.3 Å². The molecule has 0 bridgehead atoms. The van der Waals surface area contributed by atoms with Crippen LogP contribution in [0.15, 0.2) is 6.07 Å². The van der Waals surface area contributed by atoms with Gasteiger partial charge in [-0.25, -0.2) is 0 Å². The first-order chi connectivity index (χ1) is 6.70. The molecule has 1 aromatic rings. The van der Waals surface area contributed by atoms with Crippen molar-refractivity contribution < 1.29 is 4.79 Å². The molecule has 0 fully saturated rings. The van der Waals surface area contributed by atoms with Gasteiger partial charge in [0.25, 0.3) is 5.91 Å². The second-order valence-corrected chi connectivity index (χ2v) is 5.12. The average Bonchev–Trinajstić information content (AvgIpc) is 2.59. The molecule has 0 aromatic carbocycles. The van der Waals surface area contributed by atoms with Crippen LogP contribution >= 0.6 is 11.3 Å². The Bertz CT molecular complexity index is 356. The van der Waals surface area contributed by atoms with E-state index < -0.39 is 0 Å². The van der Waals surface area contributed by atoms with E-state index in [9.17, 15) is 4.79 Å². The molecule has 1 atom stereocenters. The summed E-state index contributed by atoms with van der Waals surface area (Å²) in [7, 11) is 1.68. The summed E-state index contributed by atoms with van der Waals surface area (Å²) in [5.41, 5.74) is 1.40. The minimum absolute atomic E-state index is 0.0528. The van der Waals surface area contributed by atoms with Crippen LogP contribution < -0.4 is 5.32 Å². The lowest BCUT2D eigenvalue weighted by molar-refractivity contribution is 0.0967. The zero-order chi connectivity index (χ0) is 10.1. The first-order valence-electron chi connectivity index (χ1n) is 5.04. The lowest BCUT2D eigenvalue weighted by Gasteiger charge is -2.16. The highest BCUT2D eigenvalue weighted by Gasteiger charge is 2.19. The molecule has 2 nitrogen and oxygen atoms in total. The van der Waals surface area contributed by atoms with Gasteiger partial charge >= 0.3 is 0 Å². The maximum Gasteiger partial charge on any atom is 0.261 e. The highest BCUT2D eigenvalue weighted by molar-refractivity contribution is 7.14. The summed E-state index contributed by atoms with van der Waals surface area (Å²) in [6.45, 7) is 2.28. The molecule has 1 amide bonds. The van der Waals surface area contributed by atoms with Crippen molar-refractivity contribution in [2.24, 2.45) is 5.92 Å². The Morgan fingerprint density at radius 2 is 2.43 bits per heavy atom. The van der Waals surface area contributed by atoms with E-state index in [2.05, 4.69) is 18.3 Å². The summed E-state index contributed by atoms with van der Waals surface area (Å²) in [6.07, 6.45) is 3.56. The third-order valence-electron chi connectivity index (χ3n) is 2.78. The number of rotatable bonds is 1. The van der Waals surface area contributed by atoms with Gasteiger partial charge < -0.3 is 5.32 Å². The predicted molar refractivity (Wildman–Crippen MR) is 58.9 cm³/mol. The van der Waals surface area contributed by atoms with E-state index in [0.29, 0.717) is 0 Å². The van der Waals surface area contributed by atoms with Gasteiger partial charge in [0.2, 0.25) is 0 Å². The third kappa shape index (κ3) is 1.69. The molecule has 1 heterocycles. The first kappa shape index (κ1) is 9.71. The summed E-state index contributed by atoms with van der Waals surface area (Å²) in [5.74, 6) is 0.826. The van der Waals surface area contributed by atoms with E-state index in [1.54, 1.807) is 18.4 Å². The molecule has 0 saturated carbocycles. The molecule has 1 aliphatic carbocycles. The first-order valence-corrected chi connectivity index (χ1v) is 5.86. The normalized spacial score (nSPS) is 20.3. The van der Waals surface area contributed by atoms with Crippen LogP contribution in [0.1, 0.15) is 33.5 Å². The van der Waals surface area contributed by atoms with Crippen LogP contribution in [-0.2, 0) is 12.8 Å². The lowest BCUT2D eigenvalue weighted by atomic mass is 9.90. The number of thiophene rings is 1. The number of carbonyl (C=O) groups excluding carboxylic acids is 1. The fourth-order valence-corrected chi connectivity index (χ4v) is 3.10. The maximum atomic E-state index is 11.4. The predicted octanol–water partition coefficient (Wildman–Crippen LogP) is 2.23. The number of nitrogens with one attached hydrogen (secondary N) is 1. The van der Waals surface area contributed by atoms with Crippen molar-refractivity contribution in [3.63, 3.8) is 0 Å². The summed E-state index contributed by atoms with van der Waals surface area (Å²) in [6, 6.07) is 2.06. The second-order valence-electron chi connectivity index (χ2n) is 3.99. The zero-order valence-electron chi connectivity index (χ0n) is 8.59. The average molecular weight is 209 g/mol. The minimum atomic E-state index is 0.0528. The summed E-state index contributed by atoms with van der Waals surface area (Å²) in [5, 5.41) is 2.67. The van der Waals surface area contributed by atoms with E-state index in [-0.39, 0.29) is 5.91 Å². The van der Waals surface area contributed by atoms with Gasteiger partial charge in [0.05, 0.1) is 4.88 Å². The number of amides is 1. The minimum Gasteiger partial charge on any atom is -0.354 e. The lowest BCUT2D eigenvalue weighted by Crippen LogP contribution is -2.16. The van der Waals surface area contributed by atoms with E-state index in [1.807, 2.05) is 0 Å². The molecule has 1 unspecified atom stereocenters. The van der Waals surface area contributed by atoms with Crippen LogP contribution in [0.4, 0.5) is 0 Å². The molecule has 0 spiro atoms. The van der Waals surface area contributed by atoms with Crippen molar-refractivity contribution in [1.29, 1.82) is 0 Å². The fourth-order valence-electron chi connectivity index (χ4n) is 1.94. The standard InChI is InChI=1S/C11H15NOS/c1-7-3-4-9-8(5-7)6-10(14-9)11(13)12-2/h6-7H,3-5H2,1-2H3,(H,12,13). The maximum absolute atomic E-state index is 11.4. The van der Waals surface area contributed by atoms with E-state index in [4.69, 9.17) is 0 Å². The molecule has 14 heavy (non-hydrogen) atoms. The van der Waals surface area contributed by atoms with Gasteiger partial charge in [0.15, 0.2) is 0 Å². The third-order valence-corrected chi connectivity index (χ3v) is 4.02. The number of fused-ring (bicyclic) bond motifs is 1. The molecular weight excluding hydrogens is 194 g/mol. The van der Waals surface area contributed by atoms with Crippen molar-refractivity contribution >= 4 is 17.2 Å². The van der Waals surface area contributed by atoms with Gasteiger partial charge in [-0.05, 0) is 36.8 Å². The quantitative estimate of drug-likeness (QED) is 0.755. The van der Waals surface area contributed by atoms with Gasteiger partial charge in [-0.1, -0.05) is 6.92 Å². The Morgan fingerprint density at radius 3 is 3.14 bits per heavy atom. The molecule has 3 heteroatoms. The zero-order valence-corrected chi connectivity index (χ0v) is 9.41. The van der Waals surface area contributed by atoms with Crippen molar-refractivity contribution in [2.75, 3.05) is 7.05 Å². The van der Waals surface area contributed by atoms with E-state index in [0.717, 1.165) is 23.6 Å². The van der Waals surface area contributed by atoms with Crippen LogP contribution in [0, 0.1) is 5.92 Å². The molecule has 1 aliphatic rings. The second kappa shape index (κ2) is 3.73. The monoisotopic (exact) mass is 209 g/mol. The molecular formula is C11H15NOS. The smallest absolute Gasteiger partial charge is 0.261 e. The molecule has 2 rings (SSSR count). The SMILES string of the molecule is CNC(=O)c1cc2c(s1)CCC(C)C2. The van der Waals surface area contributed by atoms with Gasteiger partial charge in [-0.15, -0.1) is 11.3 Å². The van der Waals surface area contributed by atoms with Gasteiger partial charge in [-0.2, -0.15) is 0 Å². The van der Waals surface area contributed by atoms with E-state index in [1.165, 1.54) is 16.9 Å². The van der Waals surface area contributed by atoms with Crippen LogP contribution in [0.5, 0.6) is 0 Å². The van der Waals surface area contributed by atoms with Crippen molar-refractivity contribution in [2.45, 2.75) is 26.2 Å². The Kier molecular flexibility index (Phi) is 2.59. The topological polar surface area (TPSA) is 29.1 Å². The highest BCUT2D eigenvalue weighted by Crippen LogP contribution is 2.31. The fraction of sp³-hybridized carbons (Fsp3) is 0.545. The Hall–Kier alpha value is -0.830.